The molecule has 0 spiro atoms. The van der Waals surface area contributed by atoms with Crippen molar-refractivity contribution in [3.05, 3.63) is 36.7 Å². The highest BCUT2D eigenvalue weighted by atomic mass is 19.1. The van der Waals surface area contributed by atoms with E-state index < -0.39 is 5.82 Å². The van der Waals surface area contributed by atoms with E-state index >= 15 is 0 Å². The molecule has 0 aliphatic heterocycles. The number of nitrogens with zero attached hydrogens (tertiary/aromatic N) is 4. The summed E-state index contributed by atoms with van der Waals surface area (Å²) in [6.45, 7) is 0.229. The minimum absolute atomic E-state index is 0.000251. The second kappa shape index (κ2) is 7.17. The summed E-state index contributed by atoms with van der Waals surface area (Å²) < 4.78 is 20.0. The van der Waals surface area contributed by atoms with Gasteiger partial charge in [0.2, 0.25) is 5.91 Å². The summed E-state index contributed by atoms with van der Waals surface area (Å²) in [6, 6.07) is 2.12. The van der Waals surface area contributed by atoms with Crippen molar-refractivity contribution in [3.8, 4) is 6.01 Å². The van der Waals surface area contributed by atoms with Crippen molar-refractivity contribution in [2.45, 2.75) is 44.4 Å². The Morgan fingerprint density at radius 1 is 1.30 bits per heavy atom. The average Bonchev–Trinajstić information content (AvgIpc) is 3.04. The van der Waals surface area contributed by atoms with Crippen LogP contribution in [-0.2, 0) is 11.3 Å². The van der Waals surface area contributed by atoms with E-state index in [9.17, 15) is 9.18 Å². The number of hydrogen-bond donors (Lipinski definition) is 1. The van der Waals surface area contributed by atoms with E-state index in [-0.39, 0.29) is 30.6 Å². The van der Waals surface area contributed by atoms with E-state index in [2.05, 4.69) is 20.4 Å². The fourth-order valence-corrected chi connectivity index (χ4v) is 2.65. The highest BCUT2D eigenvalue weighted by molar-refractivity contribution is 5.75. The molecule has 122 valence electrons. The Hall–Kier alpha value is -2.51. The van der Waals surface area contributed by atoms with Crippen LogP contribution < -0.4 is 10.1 Å². The van der Waals surface area contributed by atoms with E-state index in [1.54, 1.807) is 23.1 Å². The van der Waals surface area contributed by atoms with Crippen molar-refractivity contribution in [2.75, 3.05) is 0 Å². The number of rotatable bonds is 5. The molecule has 0 aromatic carbocycles. The van der Waals surface area contributed by atoms with Gasteiger partial charge in [0.15, 0.2) is 5.82 Å². The summed E-state index contributed by atoms with van der Waals surface area (Å²) in [7, 11) is 0. The standard InChI is InChI=1S/C15H18FN5O2/c16-11-8-17-15(18-9-11)23-13-4-2-12(3-5-13)20-14(22)10-21-7-1-6-19-21/h1,6-9,12-13H,2-5,10H2,(H,20,22). The Balaban J connectivity index is 1.41. The highest BCUT2D eigenvalue weighted by Gasteiger charge is 2.24. The molecular weight excluding hydrogens is 301 g/mol. The maximum absolute atomic E-state index is 12.7. The molecule has 3 rings (SSSR count). The lowest BCUT2D eigenvalue weighted by atomic mass is 9.93. The normalized spacial score (nSPS) is 20.9. The summed E-state index contributed by atoms with van der Waals surface area (Å²) in [5.74, 6) is -0.527. The van der Waals surface area contributed by atoms with Gasteiger partial charge in [0.1, 0.15) is 12.6 Å². The second-order valence-corrected chi connectivity index (χ2v) is 5.55. The summed E-state index contributed by atoms with van der Waals surface area (Å²) in [6.07, 6.45) is 8.83. The number of carbonyl (C=O) groups excluding carboxylic acids is 1. The zero-order valence-corrected chi connectivity index (χ0v) is 12.6. The summed E-state index contributed by atoms with van der Waals surface area (Å²) in [4.78, 5) is 19.5. The third-order valence-electron chi connectivity index (χ3n) is 3.77. The van der Waals surface area contributed by atoms with Crippen molar-refractivity contribution in [2.24, 2.45) is 0 Å². The van der Waals surface area contributed by atoms with Crippen molar-refractivity contribution in [3.63, 3.8) is 0 Å². The molecular formula is C15H18FN5O2. The van der Waals surface area contributed by atoms with E-state index in [4.69, 9.17) is 4.74 Å². The lowest BCUT2D eigenvalue weighted by Gasteiger charge is -2.28. The number of ether oxygens (including phenoxy) is 1. The average molecular weight is 319 g/mol. The third-order valence-corrected chi connectivity index (χ3v) is 3.77. The second-order valence-electron chi connectivity index (χ2n) is 5.55. The van der Waals surface area contributed by atoms with Crippen LogP contribution in [0.15, 0.2) is 30.9 Å². The number of carbonyl (C=O) groups is 1. The molecule has 8 heteroatoms. The van der Waals surface area contributed by atoms with Crippen LogP contribution in [0.5, 0.6) is 6.01 Å². The molecule has 0 unspecified atom stereocenters. The van der Waals surface area contributed by atoms with Crippen LogP contribution in [0.25, 0.3) is 0 Å². The van der Waals surface area contributed by atoms with Gasteiger partial charge in [-0.2, -0.15) is 5.10 Å². The first kappa shape index (κ1) is 15.4. The molecule has 0 atom stereocenters. The molecule has 1 amide bonds. The van der Waals surface area contributed by atoms with Gasteiger partial charge in [-0.05, 0) is 31.7 Å². The number of nitrogens with one attached hydrogen (secondary N) is 1. The molecule has 23 heavy (non-hydrogen) atoms. The molecule has 2 aromatic heterocycles. The molecule has 0 bridgehead atoms. The fraction of sp³-hybridized carbons (Fsp3) is 0.467. The smallest absolute Gasteiger partial charge is 0.316 e. The first-order valence-electron chi connectivity index (χ1n) is 7.60. The molecule has 1 aliphatic carbocycles. The number of hydrogen-bond acceptors (Lipinski definition) is 5. The molecule has 1 saturated carbocycles. The molecule has 2 heterocycles. The van der Waals surface area contributed by atoms with Gasteiger partial charge in [-0.3, -0.25) is 9.48 Å². The van der Waals surface area contributed by atoms with Gasteiger partial charge in [-0.1, -0.05) is 0 Å². The zero-order chi connectivity index (χ0) is 16.1. The Kier molecular flexibility index (Phi) is 4.80. The van der Waals surface area contributed by atoms with Crippen LogP contribution >= 0.6 is 0 Å². The first-order chi connectivity index (χ1) is 11.2. The number of amides is 1. The molecule has 2 aromatic rings. The number of halogens is 1. The summed E-state index contributed by atoms with van der Waals surface area (Å²) >= 11 is 0. The predicted molar refractivity (Wildman–Crippen MR) is 79.0 cm³/mol. The number of aromatic nitrogens is 4. The molecule has 1 fully saturated rings. The largest absolute Gasteiger partial charge is 0.460 e. The predicted octanol–water partition coefficient (Wildman–Crippen LogP) is 1.32. The van der Waals surface area contributed by atoms with Crippen LogP contribution in [0.4, 0.5) is 4.39 Å². The minimum Gasteiger partial charge on any atom is -0.460 e. The van der Waals surface area contributed by atoms with Crippen molar-refractivity contribution >= 4 is 5.91 Å². The molecule has 0 radical (unpaired) electrons. The lowest BCUT2D eigenvalue weighted by Crippen LogP contribution is -2.41. The summed E-state index contributed by atoms with van der Waals surface area (Å²) in [5.41, 5.74) is 0. The van der Waals surface area contributed by atoms with E-state index in [0.29, 0.717) is 0 Å². The van der Waals surface area contributed by atoms with E-state index in [1.807, 2.05) is 0 Å². The van der Waals surface area contributed by atoms with Crippen molar-refractivity contribution < 1.29 is 13.9 Å². The zero-order valence-electron chi connectivity index (χ0n) is 12.6. The van der Waals surface area contributed by atoms with Crippen LogP contribution in [0.2, 0.25) is 0 Å². The van der Waals surface area contributed by atoms with Crippen LogP contribution in [-0.4, -0.2) is 37.8 Å². The van der Waals surface area contributed by atoms with Gasteiger partial charge in [-0.25, -0.2) is 14.4 Å². The van der Waals surface area contributed by atoms with Gasteiger partial charge in [0.05, 0.1) is 12.4 Å². The van der Waals surface area contributed by atoms with Crippen LogP contribution in [0.1, 0.15) is 25.7 Å². The quantitative estimate of drug-likeness (QED) is 0.899. The third kappa shape index (κ3) is 4.48. The lowest BCUT2D eigenvalue weighted by molar-refractivity contribution is -0.122. The van der Waals surface area contributed by atoms with Gasteiger partial charge >= 0.3 is 6.01 Å². The molecule has 0 saturated heterocycles. The molecule has 1 aliphatic rings. The molecule has 7 nitrogen and oxygen atoms in total. The van der Waals surface area contributed by atoms with Crippen LogP contribution in [0, 0.1) is 5.82 Å². The van der Waals surface area contributed by atoms with Crippen LogP contribution in [0.3, 0.4) is 0 Å². The Morgan fingerprint density at radius 3 is 2.70 bits per heavy atom. The van der Waals surface area contributed by atoms with Gasteiger partial charge in [0, 0.05) is 18.4 Å². The first-order valence-corrected chi connectivity index (χ1v) is 7.60. The summed E-state index contributed by atoms with van der Waals surface area (Å²) in [5, 5.41) is 7.02. The van der Waals surface area contributed by atoms with Crippen molar-refractivity contribution in [1.82, 2.24) is 25.1 Å². The Morgan fingerprint density at radius 2 is 2.04 bits per heavy atom. The SMILES string of the molecule is O=C(Cn1cccn1)NC1CCC(Oc2ncc(F)cn2)CC1. The van der Waals surface area contributed by atoms with E-state index in [0.717, 1.165) is 38.1 Å². The highest BCUT2D eigenvalue weighted by Crippen LogP contribution is 2.22. The van der Waals surface area contributed by atoms with Gasteiger partial charge < -0.3 is 10.1 Å². The van der Waals surface area contributed by atoms with Crippen molar-refractivity contribution in [1.29, 1.82) is 0 Å². The van der Waals surface area contributed by atoms with Gasteiger partial charge in [0.25, 0.3) is 0 Å². The monoisotopic (exact) mass is 319 g/mol. The van der Waals surface area contributed by atoms with E-state index in [1.165, 1.54) is 0 Å². The van der Waals surface area contributed by atoms with Gasteiger partial charge in [-0.15, -0.1) is 0 Å². The Labute approximate surface area is 132 Å². The maximum atomic E-state index is 12.7. The topological polar surface area (TPSA) is 81.9 Å². The minimum atomic E-state index is -0.485. The fourth-order valence-electron chi connectivity index (χ4n) is 2.65. The molecule has 1 N–H and O–H groups in total. The Bertz CT molecular complexity index is 624. The maximum Gasteiger partial charge on any atom is 0.316 e.